The Kier molecular flexibility index (Phi) is 3.65. The number of hydrogen-bond acceptors (Lipinski definition) is 3. The average Bonchev–Trinajstić information content (AvgIpc) is 2.60. The molecule has 1 spiro atoms. The van der Waals surface area contributed by atoms with E-state index in [4.69, 9.17) is 0 Å². The van der Waals surface area contributed by atoms with Crippen molar-refractivity contribution in [2.75, 3.05) is 53.4 Å². The SMILES string of the molecule is CN(C)CCN1CCC2(CCNCC2)C1. The van der Waals surface area contributed by atoms with Crippen molar-refractivity contribution in [3.63, 3.8) is 0 Å². The summed E-state index contributed by atoms with van der Waals surface area (Å²) in [5.74, 6) is 0. The lowest BCUT2D eigenvalue weighted by atomic mass is 9.78. The summed E-state index contributed by atoms with van der Waals surface area (Å²) in [6.07, 6.45) is 4.22. The Balaban J connectivity index is 1.78. The molecule has 2 aliphatic heterocycles. The molecule has 88 valence electrons. The number of nitrogens with zero attached hydrogens (tertiary/aromatic N) is 2. The molecule has 0 aromatic heterocycles. The number of likely N-dealkylation sites (tertiary alicyclic amines) is 1. The highest BCUT2D eigenvalue weighted by atomic mass is 15.2. The van der Waals surface area contributed by atoms with Gasteiger partial charge in [-0.15, -0.1) is 0 Å². The second-order valence-corrected chi connectivity index (χ2v) is 5.58. The summed E-state index contributed by atoms with van der Waals surface area (Å²) in [5, 5.41) is 3.47. The molecule has 1 N–H and O–H groups in total. The van der Waals surface area contributed by atoms with Crippen molar-refractivity contribution in [1.29, 1.82) is 0 Å². The molecule has 0 radical (unpaired) electrons. The molecule has 0 unspecified atom stereocenters. The molecule has 15 heavy (non-hydrogen) atoms. The summed E-state index contributed by atoms with van der Waals surface area (Å²) in [5.41, 5.74) is 0.678. The van der Waals surface area contributed by atoms with E-state index in [0.717, 1.165) is 0 Å². The van der Waals surface area contributed by atoms with Crippen molar-refractivity contribution in [2.45, 2.75) is 19.3 Å². The normalized spacial score (nSPS) is 26.6. The van der Waals surface area contributed by atoms with Crippen LogP contribution in [0.3, 0.4) is 0 Å². The quantitative estimate of drug-likeness (QED) is 0.738. The maximum Gasteiger partial charge on any atom is 0.0109 e. The van der Waals surface area contributed by atoms with Gasteiger partial charge in [-0.25, -0.2) is 0 Å². The van der Waals surface area contributed by atoms with Crippen molar-refractivity contribution >= 4 is 0 Å². The number of rotatable bonds is 3. The number of piperidine rings is 1. The van der Waals surface area contributed by atoms with Gasteiger partial charge in [0, 0.05) is 19.6 Å². The fourth-order valence-corrected chi connectivity index (χ4v) is 2.93. The van der Waals surface area contributed by atoms with Gasteiger partial charge in [0.25, 0.3) is 0 Å². The van der Waals surface area contributed by atoms with Crippen molar-refractivity contribution < 1.29 is 0 Å². The molecule has 0 bridgehead atoms. The highest BCUT2D eigenvalue weighted by molar-refractivity contribution is 4.92. The molecule has 0 saturated carbocycles. The van der Waals surface area contributed by atoms with E-state index in [2.05, 4.69) is 29.2 Å². The van der Waals surface area contributed by atoms with Gasteiger partial charge in [-0.2, -0.15) is 0 Å². The molecule has 2 aliphatic rings. The second kappa shape index (κ2) is 4.81. The summed E-state index contributed by atoms with van der Waals surface area (Å²) in [6, 6.07) is 0. The predicted octanol–water partition coefficient (Wildman–Crippen LogP) is 0.623. The van der Waals surface area contributed by atoms with E-state index in [-0.39, 0.29) is 0 Å². The Morgan fingerprint density at radius 2 is 1.93 bits per heavy atom. The Morgan fingerprint density at radius 1 is 1.20 bits per heavy atom. The summed E-state index contributed by atoms with van der Waals surface area (Å²) in [4.78, 5) is 4.94. The van der Waals surface area contributed by atoms with Crippen LogP contribution in [0, 0.1) is 5.41 Å². The van der Waals surface area contributed by atoms with Crippen LogP contribution in [0.15, 0.2) is 0 Å². The lowest BCUT2D eigenvalue weighted by Gasteiger charge is -2.34. The monoisotopic (exact) mass is 211 g/mol. The fraction of sp³-hybridized carbons (Fsp3) is 1.00. The van der Waals surface area contributed by atoms with Crippen LogP contribution >= 0.6 is 0 Å². The third kappa shape index (κ3) is 2.92. The Labute approximate surface area is 93.8 Å². The molecule has 0 aromatic rings. The summed E-state index contributed by atoms with van der Waals surface area (Å²) in [7, 11) is 4.33. The number of nitrogens with one attached hydrogen (secondary N) is 1. The first-order valence-corrected chi connectivity index (χ1v) is 6.28. The molecule has 0 aliphatic carbocycles. The second-order valence-electron chi connectivity index (χ2n) is 5.58. The Bertz CT molecular complexity index is 197. The van der Waals surface area contributed by atoms with E-state index >= 15 is 0 Å². The highest BCUT2D eigenvalue weighted by Crippen LogP contribution is 2.38. The lowest BCUT2D eigenvalue weighted by Crippen LogP contribution is -2.39. The van der Waals surface area contributed by atoms with Gasteiger partial charge in [0.05, 0.1) is 0 Å². The molecule has 3 nitrogen and oxygen atoms in total. The average molecular weight is 211 g/mol. The van der Waals surface area contributed by atoms with Crippen LogP contribution in [0.2, 0.25) is 0 Å². The van der Waals surface area contributed by atoms with Gasteiger partial charge in [0.1, 0.15) is 0 Å². The van der Waals surface area contributed by atoms with Crippen molar-refractivity contribution in [2.24, 2.45) is 5.41 Å². The molecule has 0 amide bonds. The first kappa shape index (κ1) is 11.4. The summed E-state index contributed by atoms with van der Waals surface area (Å²) >= 11 is 0. The lowest BCUT2D eigenvalue weighted by molar-refractivity contribution is 0.190. The molecule has 3 heteroatoms. The third-order valence-electron chi connectivity index (χ3n) is 4.05. The van der Waals surface area contributed by atoms with Crippen molar-refractivity contribution in [3.05, 3.63) is 0 Å². The molecule has 0 atom stereocenters. The highest BCUT2D eigenvalue weighted by Gasteiger charge is 2.38. The fourth-order valence-electron chi connectivity index (χ4n) is 2.93. The van der Waals surface area contributed by atoms with E-state index in [0.29, 0.717) is 5.41 Å². The maximum absolute atomic E-state index is 3.47. The summed E-state index contributed by atoms with van der Waals surface area (Å²) < 4.78 is 0. The largest absolute Gasteiger partial charge is 0.317 e. The van der Waals surface area contributed by atoms with Crippen molar-refractivity contribution in [3.8, 4) is 0 Å². The van der Waals surface area contributed by atoms with E-state index in [1.165, 1.54) is 58.5 Å². The van der Waals surface area contributed by atoms with Gasteiger partial charge in [-0.1, -0.05) is 0 Å². The zero-order valence-corrected chi connectivity index (χ0v) is 10.3. The summed E-state index contributed by atoms with van der Waals surface area (Å²) in [6.45, 7) is 7.61. The molecule has 0 aromatic carbocycles. The topological polar surface area (TPSA) is 18.5 Å². The van der Waals surface area contributed by atoms with Gasteiger partial charge in [0.2, 0.25) is 0 Å². The zero-order valence-electron chi connectivity index (χ0n) is 10.3. The van der Waals surface area contributed by atoms with Crippen LogP contribution in [0.1, 0.15) is 19.3 Å². The number of likely N-dealkylation sites (N-methyl/N-ethyl adjacent to an activating group) is 1. The van der Waals surface area contributed by atoms with Crippen LogP contribution in [0.4, 0.5) is 0 Å². The third-order valence-corrected chi connectivity index (χ3v) is 4.05. The van der Waals surface area contributed by atoms with E-state index in [9.17, 15) is 0 Å². The van der Waals surface area contributed by atoms with Gasteiger partial charge in [-0.05, 0) is 58.4 Å². The minimum Gasteiger partial charge on any atom is -0.317 e. The minimum atomic E-state index is 0.678. The van der Waals surface area contributed by atoms with E-state index in [1.807, 2.05) is 0 Å². The predicted molar refractivity (Wildman–Crippen MR) is 64.1 cm³/mol. The molecule has 2 rings (SSSR count). The molecular formula is C12H25N3. The smallest absolute Gasteiger partial charge is 0.0109 e. The standard InChI is InChI=1S/C12H25N3/c1-14(2)9-10-15-8-5-12(11-15)3-6-13-7-4-12/h13H,3-11H2,1-2H3. The first-order valence-electron chi connectivity index (χ1n) is 6.28. The first-order chi connectivity index (χ1) is 7.20. The van der Waals surface area contributed by atoms with Crippen LogP contribution in [-0.2, 0) is 0 Å². The molecule has 2 heterocycles. The number of hydrogen-bond donors (Lipinski definition) is 1. The Hall–Kier alpha value is -0.120. The van der Waals surface area contributed by atoms with Gasteiger partial charge >= 0.3 is 0 Å². The Morgan fingerprint density at radius 3 is 2.60 bits per heavy atom. The van der Waals surface area contributed by atoms with Gasteiger partial charge in [-0.3, -0.25) is 0 Å². The van der Waals surface area contributed by atoms with Crippen LogP contribution < -0.4 is 5.32 Å². The van der Waals surface area contributed by atoms with E-state index in [1.54, 1.807) is 0 Å². The zero-order chi connectivity index (χ0) is 10.7. The van der Waals surface area contributed by atoms with Gasteiger partial charge < -0.3 is 15.1 Å². The van der Waals surface area contributed by atoms with Crippen LogP contribution in [0.25, 0.3) is 0 Å². The van der Waals surface area contributed by atoms with Gasteiger partial charge in [0.15, 0.2) is 0 Å². The minimum absolute atomic E-state index is 0.678. The maximum atomic E-state index is 3.47. The molecular weight excluding hydrogens is 186 g/mol. The van der Waals surface area contributed by atoms with Crippen LogP contribution in [-0.4, -0.2) is 63.2 Å². The van der Waals surface area contributed by atoms with Crippen molar-refractivity contribution in [1.82, 2.24) is 15.1 Å². The molecule has 2 saturated heterocycles. The molecule has 2 fully saturated rings. The van der Waals surface area contributed by atoms with E-state index < -0.39 is 0 Å². The van der Waals surface area contributed by atoms with Crippen LogP contribution in [0.5, 0.6) is 0 Å².